The lowest BCUT2D eigenvalue weighted by atomic mass is 10.0. The summed E-state index contributed by atoms with van der Waals surface area (Å²) < 4.78 is 11.5. The number of hydrogen-bond donors (Lipinski definition) is 1. The Hall–Kier alpha value is -4.13. The highest BCUT2D eigenvalue weighted by Gasteiger charge is 2.20. The van der Waals surface area contributed by atoms with Crippen LogP contribution < -0.4 is 19.7 Å². The molecule has 3 aromatic carbocycles. The van der Waals surface area contributed by atoms with Crippen LogP contribution in [0.25, 0.3) is 22.0 Å². The quantitative estimate of drug-likeness (QED) is 0.469. The summed E-state index contributed by atoms with van der Waals surface area (Å²) in [6.07, 6.45) is 0. The molecular formula is C27H26N4O3. The van der Waals surface area contributed by atoms with E-state index < -0.39 is 0 Å². The molecule has 34 heavy (non-hydrogen) atoms. The maximum atomic E-state index is 11.3. The predicted octanol–water partition coefficient (Wildman–Crippen LogP) is 4.97. The Kier molecular flexibility index (Phi) is 5.76. The van der Waals surface area contributed by atoms with Crippen molar-refractivity contribution in [1.29, 1.82) is 0 Å². The Bertz CT molecular complexity index is 1370. The number of amides is 1. The number of fused-ring (bicyclic) bond motifs is 2. The van der Waals surface area contributed by atoms with Crippen LogP contribution in [0.2, 0.25) is 0 Å². The van der Waals surface area contributed by atoms with Crippen LogP contribution in [0, 0.1) is 6.92 Å². The number of hydrogen-bond acceptors (Lipinski definition) is 6. The first kappa shape index (κ1) is 21.7. The van der Waals surface area contributed by atoms with Gasteiger partial charge >= 0.3 is 0 Å². The van der Waals surface area contributed by atoms with E-state index in [2.05, 4.69) is 27.3 Å². The van der Waals surface area contributed by atoms with Crippen LogP contribution in [0.3, 0.4) is 0 Å². The molecule has 0 fully saturated rings. The van der Waals surface area contributed by atoms with Gasteiger partial charge in [0.05, 0.1) is 19.2 Å². The van der Waals surface area contributed by atoms with Crippen molar-refractivity contribution in [2.75, 3.05) is 30.5 Å². The zero-order chi connectivity index (χ0) is 23.7. The summed E-state index contributed by atoms with van der Waals surface area (Å²) in [5.41, 5.74) is 4.90. The fourth-order valence-electron chi connectivity index (χ4n) is 4.28. The monoisotopic (exact) mass is 454 g/mol. The zero-order valence-electron chi connectivity index (χ0n) is 19.5. The van der Waals surface area contributed by atoms with Crippen molar-refractivity contribution in [3.8, 4) is 22.6 Å². The fraction of sp³-hybridized carbons (Fsp3) is 0.222. The molecule has 4 aromatic rings. The number of aromatic nitrogens is 2. The van der Waals surface area contributed by atoms with Crippen LogP contribution in [0.5, 0.6) is 11.5 Å². The van der Waals surface area contributed by atoms with Crippen LogP contribution in [-0.4, -0.2) is 36.1 Å². The molecule has 1 aliphatic heterocycles. The Morgan fingerprint density at radius 1 is 1.03 bits per heavy atom. The van der Waals surface area contributed by atoms with Gasteiger partial charge in [-0.3, -0.25) is 4.79 Å². The molecule has 0 radical (unpaired) electrons. The average molecular weight is 455 g/mol. The van der Waals surface area contributed by atoms with E-state index in [1.807, 2.05) is 55.5 Å². The van der Waals surface area contributed by atoms with Crippen molar-refractivity contribution in [3.63, 3.8) is 0 Å². The Balaban J connectivity index is 1.49. The number of benzene rings is 3. The molecule has 1 amide bonds. The largest absolute Gasteiger partial charge is 0.497 e. The molecule has 0 aliphatic carbocycles. The second-order valence-electron chi connectivity index (χ2n) is 8.33. The predicted molar refractivity (Wildman–Crippen MR) is 134 cm³/mol. The van der Waals surface area contributed by atoms with E-state index in [4.69, 9.17) is 14.5 Å². The lowest BCUT2D eigenvalue weighted by Gasteiger charge is -2.23. The molecule has 1 N–H and O–H groups in total. The lowest BCUT2D eigenvalue weighted by Crippen LogP contribution is -2.26. The molecule has 0 saturated carbocycles. The number of nitrogens with one attached hydrogen (secondary N) is 1. The van der Waals surface area contributed by atoms with Crippen molar-refractivity contribution in [2.24, 2.45) is 0 Å². The highest BCUT2D eigenvalue weighted by molar-refractivity contribution is 5.91. The number of carbonyl (C=O) groups excluding carboxylic acids is 1. The SMILES string of the molecule is COc1ccc2c(N3CCOc4ccc(-c5ccc(NC(C)=O)cc5)cc4C3)nc(C)nc2c1. The van der Waals surface area contributed by atoms with Gasteiger partial charge in [-0.1, -0.05) is 18.2 Å². The first-order valence-electron chi connectivity index (χ1n) is 11.2. The van der Waals surface area contributed by atoms with E-state index in [0.29, 0.717) is 25.5 Å². The van der Waals surface area contributed by atoms with Crippen molar-refractivity contribution in [2.45, 2.75) is 20.4 Å². The van der Waals surface area contributed by atoms with Gasteiger partial charge in [-0.2, -0.15) is 0 Å². The molecule has 0 bridgehead atoms. The van der Waals surface area contributed by atoms with Crippen molar-refractivity contribution in [3.05, 3.63) is 72.1 Å². The van der Waals surface area contributed by atoms with Crippen LogP contribution in [0.15, 0.2) is 60.7 Å². The minimum atomic E-state index is -0.0825. The van der Waals surface area contributed by atoms with Gasteiger partial charge in [0.25, 0.3) is 0 Å². The standard InChI is InChI=1S/C27H26N4O3/c1-17-28-25-15-23(33-3)9-10-24(25)27(29-17)31-12-13-34-26-11-6-20(14-21(26)16-31)19-4-7-22(8-5-19)30-18(2)32/h4-11,14-15H,12-13,16H2,1-3H3,(H,30,32). The van der Waals surface area contributed by atoms with Crippen LogP contribution >= 0.6 is 0 Å². The molecule has 5 rings (SSSR count). The molecule has 172 valence electrons. The third-order valence-electron chi connectivity index (χ3n) is 5.87. The van der Waals surface area contributed by atoms with Gasteiger partial charge < -0.3 is 19.7 Å². The summed E-state index contributed by atoms with van der Waals surface area (Å²) in [5, 5.41) is 3.79. The van der Waals surface area contributed by atoms with E-state index >= 15 is 0 Å². The molecule has 7 heteroatoms. The minimum absolute atomic E-state index is 0.0825. The average Bonchev–Trinajstić information content (AvgIpc) is 3.05. The van der Waals surface area contributed by atoms with Gasteiger partial charge in [0.15, 0.2) is 0 Å². The number of methoxy groups -OCH3 is 1. The Morgan fingerprint density at radius 2 is 1.82 bits per heavy atom. The number of rotatable bonds is 4. The van der Waals surface area contributed by atoms with E-state index in [1.165, 1.54) is 6.92 Å². The normalized spacial score (nSPS) is 13.1. The summed E-state index contributed by atoms with van der Waals surface area (Å²) in [4.78, 5) is 23.0. The second kappa shape index (κ2) is 9.02. The number of carbonyl (C=O) groups is 1. The molecule has 7 nitrogen and oxygen atoms in total. The van der Waals surface area contributed by atoms with Gasteiger partial charge in [-0.25, -0.2) is 9.97 Å². The fourth-order valence-corrected chi connectivity index (χ4v) is 4.28. The van der Waals surface area contributed by atoms with Gasteiger partial charge in [0.1, 0.15) is 29.7 Å². The molecule has 2 heterocycles. The highest BCUT2D eigenvalue weighted by atomic mass is 16.5. The maximum absolute atomic E-state index is 11.3. The van der Waals surface area contributed by atoms with Crippen LogP contribution in [-0.2, 0) is 11.3 Å². The van der Waals surface area contributed by atoms with Crippen LogP contribution in [0.4, 0.5) is 11.5 Å². The molecule has 0 spiro atoms. The van der Waals surface area contributed by atoms with Crippen LogP contribution in [0.1, 0.15) is 18.3 Å². The number of ether oxygens (including phenoxy) is 2. The first-order chi connectivity index (χ1) is 16.5. The summed E-state index contributed by atoms with van der Waals surface area (Å²) in [7, 11) is 1.66. The summed E-state index contributed by atoms with van der Waals surface area (Å²) in [6.45, 7) is 5.37. The van der Waals surface area contributed by atoms with Gasteiger partial charge in [-0.15, -0.1) is 0 Å². The number of aryl methyl sites for hydroxylation is 1. The van der Waals surface area contributed by atoms with E-state index in [0.717, 1.165) is 50.6 Å². The zero-order valence-corrected chi connectivity index (χ0v) is 19.5. The van der Waals surface area contributed by atoms with Gasteiger partial charge in [0, 0.05) is 36.2 Å². The molecule has 1 aromatic heterocycles. The lowest BCUT2D eigenvalue weighted by molar-refractivity contribution is -0.114. The Labute approximate surface area is 198 Å². The van der Waals surface area contributed by atoms with Crippen molar-refractivity contribution < 1.29 is 14.3 Å². The van der Waals surface area contributed by atoms with Crippen molar-refractivity contribution >= 4 is 28.3 Å². The Morgan fingerprint density at radius 3 is 2.59 bits per heavy atom. The first-order valence-corrected chi connectivity index (χ1v) is 11.2. The second-order valence-corrected chi connectivity index (χ2v) is 8.33. The minimum Gasteiger partial charge on any atom is -0.497 e. The molecular weight excluding hydrogens is 428 g/mol. The molecule has 0 unspecified atom stereocenters. The van der Waals surface area contributed by atoms with E-state index in [1.54, 1.807) is 7.11 Å². The van der Waals surface area contributed by atoms with Gasteiger partial charge in [-0.05, 0) is 54.4 Å². The number of nitrogens with zero attached hydrogens (tertiary/aromatic N) is 3. The summed E-state index contributed by atoms with van der Waals surface area (Å²) in [6, 6.07) is 20.0. The molecule has 1 aliphatic rings. The summed E-state index contributed by atoms with van der Waals surface area (Å²) in [5.74, 6) is 3.19. The smallest absolute Gasteiger partial charge is 0.221 e. The molecule has 0 atom stereocenters. The summed E-state index contributed by atoms with van der Waals surface area (Å²) >= 11 is 0. The third-order valence-corrected chi connectivity index (χ3v) is 5.87. The third kappa shape index (κ3) is 4.37. The number of anilines is 2. The van der Waals surface area contributed by atoms with E-state index in [-0.39, 0.29) is 5.91 Å². The van der Waals surface area contributed by atoms with Gasteiger partial charge in [0.2, 0.25) is 5.91 Å². The highest BCUT2D eigenvalue weighted by Crippen LogP contribution is 2.33. The molecule has 0 saturated heterocycles. The van der Waals surface area contributed by atoms with E-state index in [9.17, 15) is 4.79 Å². The van der Waals surface area contributed by atoms with Crippen molar-refractivity contribution in [1.82, 2.24) is 9.97 Å². The topological polar surface area (TPSA) is 76.6 Å². The maximum Gasteiger partial charge on any atom is 0.221 e.